The number of aromatic nitrogens is 1. The molecule has 2 aromatic rings. The molecule has 8 nitrogen and oxygen atoms in total. The molecular formula is C24H31N5O3. The van der Waals surface area contributed by atoms with Crippen molar-refractivity contribution in [1.29, 1.82) is 0 Å². The van der Waals surface area contributed by atoms with Crippen LogP contribution >= 0.6 is 0 Å². The van der Waals surface area contributed by atoms with E-state index in [0.29, 0.717) is 37.8 Å². The number of rotatable bonds is 2. The number of pyridine rings is 1. The largest absolute Gasteiger partial charge is 0.491 e. The van der Waals surface area contributed by atoms with Gasteiger partial charge in [0.2, 0.25) is 5.91 Å². The average Bonchev–Trinajstić information content (AvgIpc) is 2.81. The molecule has 8 heteroatoms. The van der Waals surface area contributed by atoms with Gasteiger partial charge in [0.1, 0.15) is 23.8 Å². The van der Waals surface area contributed by atoms with Crippen molar-refractivity contribution in [2.24, 2.45) is 0 Å². The fourth-order valence-electron chi connectivity index (χ4n) is 3.95. The smallest absolute Gasteiger partial charge is 0.273 e. The third-order valence-electron chi connectivity index (χ3n) is 5.92. The number of ether oxygens (including phenoxy) is 1. The molecular weight excluding hydrogens is 406 g/mol. The van der Waals surface area contributed by atoms with Gasteiger partial charge in [-0.05, 0) is 50.6 Å². The van der Waals surface area contributed by atoms with Crippen molar-refractivity contribution in [2.45, 2.75) is 19.3 Å². The Morgan fingerprint density at radius 2 is 1.81 bits per heavy atom. The SMILES string of the molecule is CN1CCN(C(=O)CN2CCCCCOc3ccccc3Nc3cccc(n3)C2=O)CC1. The van der Waals surface area contributed by atoms with Gasteiger partial charge in [0, 0.05) is 32.7 Å². The number of anilines is 2. The highest BCUT2D eigenvalue weighted by Gasteiger charge is 2.25. The normalized spacial score (nSPS) is 18.2. The Balaban J connectivity index is 1.54. The number of benzene rings is 1. The van der Waals surface area contributed by atoms with E-state index in [1.807, 2.05) is 35.2 Å². The number of para-hydroxylation sites is 2. The molecule has 0 spiro atoms. The summed E-state index contributed by atoms with van der Waals surface area (Å²) in [7, 11) is 2.06. The van der Waals surface area contributed by atoms with Gasteiger partial charge in [-0.25, -0.2) is 4.98 Å². The van der Waals surface area contributed by atoms with Gasteiger partial charge in [0.05, 0.1) is 12.3 Å². The number of carbonyl (C=O) groups excluding carboxylic acids is 2. The van der Waals surface area contributed by atoms with Crippen molar-refractivity contribution < 1.29 is 14.3 Å². The number of hydrogen-bond donors (Lipinski definition) is 1. The number of amides is 2. The van der Waals surface area contributed by atoms with E-state index < -0.39 is 0 Å². The van der Waals surface area contributed by atoms with Crippen molar-refractivity contribution >= 4 is 23.3 Å². The standard InChI is InChI=1S/C24H31N5O3/c1-27-13-15-28(16-14-27)23(30)18-29-12-5-2-6-17-32-21-10-4-3-8-19(21)25-22-11-7-9-20(26-22)24(29)31/h3-4,7-11H,2,5-6,12-18H2,1H3,(H,25,26). The topological polar surface area (TPSA) is 78.0 Å². The van der Waals surface area contributed by atoms with E-state index in [4.69, 9.17) is 4.74 Å². The van der Waals surface area contributed by atoms with E-state index in [9.17, 15) is 9.59 Å². The van der Waals surface area contributed by atoms with Crippen LogP contribution < -0.4 is 10.1 Å². The Labute approximate surface area is 189 Å². The number of carbonyl (C=O) groups is 2. The summed E-state index contributed by atoms with van der Waals surface area (Å²) in [4.78, 5) is 36.5. The van der Waals surface area contributed by atoms with E-state index in [1.54, 1.807) is 17.0 Å². The predicted octanol–water partition coefficient (Wildman–Crippen LogP) is 2.60. The first-order valence-electron chi connectivity index (χ1n) is 11.3. The van der Waals surface area contributed by atoms with E-state index >= 15 is 0 Å². The Morgan fingerprint density at radius 3 is 2.66 bits per heavy atom. The van der Waals surface area contributed by atoms with Gasteiger partial charge < -0.3 is 24.8 Å². The third kappa shape index (κ3) is 5.56. The number of nitrogens with zero attached hydrogens (tertiary/aromatic N) is 4. The quantitative estimate of drug-likeness (QED) is 0.778. The number of likely N-dealkylation sites (N-methyl/N-ethyl adjacent to an activating group) is 1. The predicted molar refractivity (Wildman–Crippen MR) is 123 cm³/mol. The maximum Gasteiger partial charge on any atom is 0.273 e. The lowest BCUT2D eigenvalue weighted by Crippen LogP contribution is -2.51. The molecule has 2 amide bonds. The summed E-state index contributed by atoms with van der Waals surface area (Å²) in [6.07, 6.45) is 2.60. The summed E-state index contributed by atoms with van der Waals surface area (Å²) >= 11 is 0. The van der Waals surface area contributed by atoms with E-state index in [1.165, 1.54) is 0 Å². The summed E-state index contributed by atoms with van der Waals surface area (Å²) in [5, 5.41) is 3.26. The van der Waals surface area contributed by atoms with Gasteiger partial charge >= 0.3 is 0 Å². The summed E-state index contributed by atoms with van der Waals surface area (Å²) in [6, 6.07) is 13.0. The second-order valence-corrected chi connectivity index (χ2v) is 8.35. The van der Waals surface area contributed by atoms with Crippen LogP contribution in [0.25, 0.3) is 0 Å². The molecule has 170 valence electrons. The van der Waals surface area contributed by atoms with E-state index in [0.717, 1.165) is 43.8 Å². The zero-order chi connectivity index (χ0) is 22.3. The molecule has 0 unspecified atom stereocenters. The lowest BCUT2D eigenvalue weighted by atomic mass is 10.2. The molecule has 0 saturated carbocycles. The Bertz CT molecular complexity index is 943. The van der Waals surface area contributed by atoms with Gasteiger partial charge in [0.15, 0.2) is 0 Å². The van der Waals surface area contributed by atoms with Crippen LogP contribution in [0.3, 0.4) is 0 Å². The van der Waals surface area contributed by atoms with Crippen molar-refractivity contribution in [3.63, 3.8) is 0 Å². The fourth-order valence-corrected chi connectivity index (χ4v) is 3.95. The van der Waals surface area contributed by atoms with Crippen molar-refractivity contribution in [3.8, 4) is 5.75 Å². The van der Waals surface area contributed by atoms with Crippen LogP contribution in [0.2, 0.25) is 0 Å². The third-order valence-corrected chi connectivity index (χ3v) is 5.92. The minimum absolute atomic E-state index is 0.000827. The lowest BCUT2D eigenvalue weighted by Gasteiger charge is -2.34. The van der Waals surface area contributed by atoms with Gasteiger partial charge in [-0.1, -0.05) is 18.2 Å². The highest BCUT2D eigenvalue weighted by Crippen LogP contribution is 2.27. The molecule has 3 heterocycles. The Hall–Kier alpha value is -3.13. The molecule has 1 fully saturated rings. The second-order valence-electron chi connectivity index (χ2n) is 8.35. The molecule has 0 atom stereocenters. The first-order valence-corrected chi connectivity index (χ1v) is 11.3. The molecule has 0 aliphatic carbocycles. The zero-order valence-corrected chi connectivity index (χ0v) is 18.6. The summed E-state index contributed by atoms with van der Waals surface area (Å²) in [5.41, 5.74) is 1.14. The molecule has 32 heavy (non-hydrogen) atoms. The molecule has 2 aliphatic heterocycles. The summed E-state index contributed by atoms with van der Waals surface area (Å²) in [6.45, 7) is 4.32. The molecule has 1 saturated heterocycles. The van der Waals surface area contributed by atoms with Gasteiger partial charge in [-0.15, -0.1) is 0 Å². The molecule has 1 aromatic carbocycles. The van der Waals surface area contributed by atoms with Crippen LogP contribution in [-0.4, -0.2) is 84.4 Å². The molecule has 1 aromatic heterocycles. The minimum Gasteiger partial charge on any atom is -0.491 e. The van der Waals surface area contributed by atoms with Gasteiger partial charge in [-0.3, -0.25) is 9.59 Å². The molecule has 2 aliphatic rings. The minimum atomic E-state index is -0.210. The number of fused-ring (bicyclic) bond motifs is 3. The monoisotopic (exact) mass is 437 g/mol. The average molecular weight is 438 g/mol. The van der Waals surface area contributed by atoms with E-state index in [2.05, 4.69) is 22.2 Å². The zero-order valence-electron chi connectivity index (χ0n) is 18.6. The maximum absolute atomic E-state index is 13.3. The Kier molecular flexibility index (Phi) is 7.21. The lowest BCUT2D eigenvalue weighted by molar-refractivity contribution is -0.133. The number of piperazine rings is 1. The molecule has 1 N–H and O–H groups in total. The van der Waals surface area contributed by atoms with Crippen LogP contribution in [-0.2, 0) is 4.79 Å². The van der Waals surface area contributed by atoms with Gasteiger partial charge in [0.25, 0.3) is 5.91 Å². The summed E-state index contributed by atoms with van der Waals surface area (Å²) < 4.78 is 5.97. The van der Waals surface area contributed by atoms with Crippen molar-refractivity contribution in [3.05, 3.63) is 48.2 Å². The molecule has 0 radical (unpaired) electrons. The number of nitrogens with one attached hydrogen (secondary N) is 1. The molecule has 4 rings (SSSR count). The van der Waals surface area contributed by atoms with Crippen LogP contribution in [0, 0.1) is 0 Å². The Morgan fingerprint density at radius 1 is 1.00 bits per heavy atom. The van der Waals surface area contributed by atoms with E-state index in [-0.39, 0.29) is 18.4 Å². The first kappa shape index (κ1) is 22.1. The van der Waals surface area contributed by atoms with Crippen LogP contribution in [0.15, 0.2) is 42.5 Å². The van der Waals surface area contributed by atoms with Crippen LogP contribution in [0.4, 0.5) is 11.5 Å². The number of hydrogen-bond acceptors (Lipinski definition) is 6. The second kappa shape index (κ2) is 10.5. The highest BCUT2D eigenvalue weighted by molar-refractivity contribution is 5.95. The first-order chi connectivity index (χ1) is 15.6. The fraction of sp³-hybridized carbons (Fsp3) is 0.458. The van der Waals surface area contributed by atoms with Crippen LogP contribution in [0.5, 0.6) is 5.75 Å². The van der Waals surface area contributed by atoms with Crippen molar-refractivity contribution in [1.82, 2.24) is 19.7 Å². The maximum atomic E-state index is 13.3. The van der Waals surface area contributed by atoms with Crippen LogP contribution in [0.1, 0.15) is 29.8 Å². The summed E-state index contributed by atoms with van der Waals surface area (Å²) in [5.74, 6) is 1.12. The van der Waals surface area contributed by atoms with Crippen molar-refractivity contribution in [2.75, 3.05) is 58.2 Å². The highest BCUT2D eigenvalue weighted by atomic mass is 16.5. The molecule has 2 bridgehead atoms. The van der Waals surface area contributed by atoms with Gasteiger partial charge in [-0.2, -0.15) is 0 Å².